The number of allylic oxidation sites excluding steroid dienone is 1. The predicted molar refractivity (Wildman–Crippen MR) is 71.8 cm³/mol. The maximum Gasteiger partial charge on any atom is 0.408 e. The summed E-state index contributed by atoms with van der Waals surface area (Å²) in [5.74, 6) is -0.0542. The molecule has 9 heteroatoms. The molecule has 0 spiro atoms. The van der Waals surface area contributed by atoms with Crippen LogP contribution in [0, 0.1) is 0 Å². The maximum atomic E-state index is 12.5. The summed E-state index contributed by atoms with van der Waals surface area (Å²) >= 11 is 5.73. The number of aliphatic hydroxyl groups is 1. The third kappa shape index (κ3) is 4.28. The Hall–Kier alpha value is -1.41. The lowest BCUT2D eigenvalue weighted by atomic mass is 9.97. The van der Waals surface area contributed by atoms with Crippen molar-refractivity contribution in [1.29, 1.82) is 0 Å². The second-order valence-electron chi connectivity index (χ2n) is 4.81. The Labute approximate surface area is 124 Å². The van der Waals surface area contributed by atoms with Gasteiger partial charge in [0, 0.05) is 0 Å². The molecule has 0 aliphatic heterocycles. The van der Waals surface area contributed by atoms with Crippen molar-refractivity contribution in [3.63, 3.8) is 0 Å². The lowest BCUT2D eigenvalue weighted by Gasteiger charge is -2.19. The van der Waals surface area contributed by atoms with Gasteiger partial charge in [-0.25, -0.2) is 0 Å². The van der Waals surface area contributed by atoms with Crippen LogP contribution in [0.1, 0.15) is 32.0 Å². The molecular formula is C12H14ClF3N4O. The van der Waals surface area contributed by atoms with E-state index in [4.69, 9.17) is 11.6 Å². The predicted octanol–water partition coefficient (Wildman–Crippen LogP) is 2.82. The van der Waals surface area contributed by atoms with Gasteiger partial charge in [0.15, 0.2) is 5.82 Å². The first-order valence-corrected chi connectivity index (χ1v) is 6.77. The Morgan fingerprint density at radius 1 is 1.38 bits per heavy atom. The number of hydrogen-bond donors (Lipinski definition) is 2. The van der Waals surface area contributed by atoms with Gasteiger partial charge in [-0.1, -0.05) is 0 Å². The summed E-state index contributed by atoms with van der Waals surface area (Å²) < 4.78 is 37.6. The molecule has 0 aromatic carbocycles. The van der Waals surface area contributed by atoms with Crippen LogP contribution < -0.4 is 5.32 Å². The van der Waals surface area contributed by atoms with E-state index in [1.807, 2.05) is 0 Å². The number of anilines is 1. The fraction of sp³-hybridized carbons (Fsp3) is 0.583. The van der Waals surface area contributed by atoms with Crippen LogP contribution in [0.2, 0.25) is 5.28 Å². The van der Waals surface area contributed by atoms with E-state index in [-0.39, 0.29) is 17.1 Å². The third-order valence-electron chi connectivity index (χ3n) is 3.07. The lowest BCUT2D eigenvalue weighted by Crippen LogP contribution is -2.34. The molecule has 1 aromatic rings. The quantitative estimate of drug-likeness (QED) is 0.895. The van der Waals surface area contributed by atoms with Gasteiger partial charge in [-0.05, 0) is 49.4 Å². The van der Waals surface area contributed by atoms with E-state index in [2.05, 4.69) is 20.3 Å². The average molecular weight is 323 g/mol. The molecule has 0 bridgehead atoms. The van der Waals surface area contributed by atoms with E-state index >= 15 is 0 Å². The SMILES string of the molecule is CC(Nc1nc(Cl)nc(C2=CC(O)CCC2)n1)C(F)(F)F. The Balaban J connectivity index is 2.25. The highest BCUT2D eigenvalue weighted by atomic mass is 35.5. The molecule has 2 unspecified atom stereocenters. The first-order valence-electron chi connectivity index (χ1n) is 6.39. The fourth-order valence-corrected chi connectivity index (χ4v) is 2.08. The number of nitrogens with one attached hydrogen (secondary N) is 1. The number of rotatable bonds is 3. The Morgan fingerprint density at radius 3 is 2.71 bits per heavy atom. The highest BCUT2D eigenvalue weighted by molar-refractivity contribution is 6.28. The van der Waals surface area contributed by atoms with Crippen molar-refractivity contribution in [1.82, 2.24) is 15.0 Å². The Morgan fingerprint density at radius 2 is 2.10 bits per heavy atom. The summed E-state index contributed by atoms with van der Waals surface area (Å²) in [6.07, 6.45) is -1.41. The number of nitrogens with zero attached hydrogens (tertiary/aromatic N) is 3. The van der Waals surface area contributed by atoms with Gasteiger partial charge in [-0.2, -0.15) is 28.1 Å². The van der Waals surface area contributed by atoms with E-state index in [1.165, 1.54) is 0 Å². The van der Waals surface area contributed by atoms with E-state index < -0.39 is 18.3 Å². The zero-order chi connectivity index (χ0) is 15.6. The van der Waals surface area contributed by atoms with Crippen LogP contribution in [0.5, 0.6) is 0 Å². The molecule has 21 heavy (non-hydrogen) atoms. The molecule has 0 saturated heterocycles. The summed E-state index contributed by atoms with van der Waals surface area (Å²) in [6.45, 7) is 0.959. The van der Waals surface area contributed by atoms with Crippen molar-refractivity contribution in [3.8, 4) is 0 Å². The molecule has 116 valence electrons. The zero-order valence-corrected chi connectivity index (χ0v) is 11.9. The summed E-state index contributed by atoms with van der Waals surface area (Å²) in [6, 6.07) is -1.81. The van der Waals surface area contributed by atoms with Gasteiger partial charge in [0.05, 0.1) is 6.10 Å². The second-order valence-corrected chi connectivity index (χ2v) is 5.15. The highest BCUT2D eigenvalue weighted by Gasteiger charge is 2.36. The second kappa shape index (κ2) is 6.15. The first-order chi connectivity index (χ1) is 9.75. The number of aromatic nitrogens is 3. The topological polar surface area (TPSA) is 70.9 Å². The van der Waals surface area contributed by atoms with E-state index in [0.29, 0.717) is 18.4 Å². The summed E-state index contributed by atoms with van der Waals surface area (Å²) in [5, 5.41) is 11.5. The normalized spacial score (nSPS) is 20.9. The van der Waals surface area contributed by atoms with Gasteiger partial charge in [-0.3, -0.25) is 0 Å². The van der Waals surface area contributed by atoms with Gasteiger partial charge in [0.2, 0.25) is 11.2 Å². The molecule has 1 aliphatic rings. The Kier molecular flexibility index (Phi) is 4.67. The van der Waals surface area contributed by atoms with Gasteiger partial charge in [0.1, 0.15) is 6.04 Å². The largest absolute Gasteiger partial charge is 0.408 e. The van der Waals surface area contributed by atoms with Gasteiger partial charge in [-0.15, -0.1) is 0 Å². The molecule has 0 fully saturated rings. The monoisotopic (exact) mass is 322 g/mol. The van der Waals surface area contributed by atoms with Gasteiger partial charge in [0.25, 0.3) is 0 Å². The smallest absolute Gasteiger partial charge is 0.389 e. The van der Waals surface area contributed by atoms with E-state index in [0.717, 1.165) is 13.3 Å². The number of alkyl halides is 3. The summed E-state index contributed by atoms with van der Waals surface area (Å²) in [7, 11) is 0. The molecule has 0 amide bonds. The average Bonchev–Trinajstić information content (AvgIpc) is 2.37. The van der Waals surface area contributed by atoms with Crippen molar-refractivity contribution in [2.75, 3.05) is 5.32 Å². The van der Waals surface area contributed by atoms with Gasteiger partial charge < -0.3 is 10.4 Å². The standard InChI is InChI=1S/C12H14ClF3N4O/c1-6(12(14,15)16)17-11-19-9(18-10(13)20-11)7-3-2-4-8(21)5-7/h5-6,8,21H,2-4H2,1H3,(H,17,18,19,20). The minimum absolute atomic E-state index is 0.186. The molecule has 2 N–H and O–H groups in total. The third-order valence-corrected chi connectivity index (χ3v) is 3.24. The molecule has 2 rings (SSSR count). The zero-order valence-electron chi connectivity index (χ0n) is 11.2. The summed E-state index contributed by atoms with van der Waals surface area (Å²) in [5.41, 5.74) is 0.653. The van der Waals surface area contributed by atoms with Gasteiger partial charge >= 0.3 is 6.18 Å². The maximum absolute atomic E-state index is 12.5. The highest BCUT2D eigenvalue weighted by Crippen LogP contribution is 2.27. The number of hydrogen-bond acceptors (Lipinski definition) is 5. The van der Waals surface area contributed by atoms with Crippen LogP contribution in [0.3, 0.4) is 0 Å². The molecule has 1 aromatic heterocycles. The van der Waals surface area contributed by atoms with Crippen molar-refractivity contribution in [2.24, 2.45) is 0 Å². The minimum atomic E-state index is -4.42. The molecule has 5 nitrogen and oxygen atoms in total. The lowest BCUT2D eigenvalue weighted by molar-refractivity contribution is -0.138. The first kappa shape index (κ1) is 16.0. The molecule has 2 atom stereocenters. The van der Waals surface area contributed by atoms with Crippen LogP contribution in [0.4, 0.5) is 19.1 Å². The van der Waals surface area contributed by atoms with Crippen molar-refractivity contribution in [3.05, 3.63) is 17.2 Å². The molecule has 1 heterocycles. The van der Waals surface area contributed by atoms with Crippen molar-refractivity contribution >= 4 is 23.1 Å². The number of halogens is 4. The summed E-state index contributed by atoms with van der Waals surface area (Å²) in [4.78, 5) is 11.5. The number of aliphatic hydroxyl groups excluding tert-OH is 1. The fourth-order valence-electron chi connectivity index (χ4n) is 1.92. The van der Waals surface area contributed by atoms with E-state index in [9.17, 15) is 18.3 Å². The van der Waals surface area contributed by atoms with Crippen LogP contribution in [-0.2, 0) is 0 Å². The van der Waals surface area contributed by atoms with Crippen molar-refractivity contribution < 1.29 is 18.3 Å². The van der Waals surface area contributed by atoms with Crippen LogP contribution in [0.25, 0.3) is 5.57 Å². The van der Waals surface area contributed by atoms with Crippen molar-refractivity contribution in [2.45, 2.75) is 44.5 Å². The van der Waals surface area contributed by atoms with Crippen LogP contribution in [-0.4, -0.2) is 38.4 Å². The van der Waals surface area contributed by atoms with E-state index in [1.54, 1.807) is 6.08 Å². The molecule has 0 radical (unpaired) electrons. The van der Waals surface area contributed by atoms with Crippen LogP contribution in [0.15, 0.2) is 6.08 Å². The minimum Gasteiger partial charge on any atom is -0.389 e. The Bertz CT molecular complexity index is 550. The molecular weight excluding hydrogens is 309 g/mol. The molecule has 1 aliphatic carbocycles. The molecule has 0 saturated carbocycles. The van der Waals surface area contributed by atoms with Crippen LogP contribution >= 0.6 is 11.6 Å².